The van der Waals surface area contributed by atoms with Crippen LogP contribution < -0.4 is 14.8 Å². The monoisotopic (exact) mass is 247 g/mol. The normalized spacial score (nSPS) is 15.0. The molecule has 4 nitrogen and oxygen atoms in total. The molecule has 0 radical (unpaired) electrons. The van der Waals surface area contributed by atoms with Gasteiger partial charge in [0, 0.05) is 24.6 Å². The van der Waals surface area contributed by atoms with Crippen LogP contribution in [0.4, 0.5) is 5.69 Å². The van der Waals surface area contributed by atoms with Crippen molar-refractivity contribution >= 4 is 11.5 Å². The van der Waals surface area contributed by atoms with E-state index in [2.05, 4.69) is 11.4 Å². The lowest BCUT2D eigenvalue weighted by Crippen LogP contribution is -2.11. The first-order valence-electron chi connectivity index (χ1n) is 5.92. The third-order valence-corrected chi connectivity index (χ3v) is 2.91. The Morgan fingerprint density at radius 3 is 2.72 bits per heavy atom. The molecule has 0 unspecified atom stereocenters. The van der Waals surface area contributed by atoms with Crippen LogP contribution in [-0.4, -0.2) is 20.0 Å². The summed E-state index contributed by atoms with van der Waals surface area (Å²) in [6, 6.07) is 5.56. The number of benzene rings is 1. The molecule has 4 heteroatoms. The van der Waals surface area contributed by atoms with Gasteiger partial charge in [-0.3, -0.25) is 4.79 Å². The van der Waals surface area contributed by atoms with Crippen molar-refractivity contribution in [2.45, 2.75) is 19.3 Å². The molecular weight excluding hydrogens is 230 g/mol. The van der Waals surface area contributed by atoms with Crippen molar-refractivity contribution in [3.05, 3.63) is 30.0 Å². The van der Waals surface area contributed by atoms with Crippen LogP contribution in [0.5, 0.6) is 11.5 Å². The number of allylic oxidation sites excluding steroid dienone is 2. The fourth-order valence-electron chi connectivity index (χ4n) is 1.95. The Hall–Kier alpha value is -1.97. The molecule has 0 fully saturated rings. The lowest BCUT2D eigenvalue weighted by atomic mass is 10.0. The number of anilines is 1. The smallest absolute Gasteiger partial charge is 0.145 e. The van der Waals surface area contributed by atoms with Crippen molar-refractivity contribution in [3.8, 4) is 11.5 Å². The summed E-state index contributed by atoms with van der Waals surface area (Å²) in [7, 11) is 3.23. The fraction of sp³-hybridized carbons (Fsp3) is 0.357. The van der Waals surface area contributed by atoms with Gasteiger partial charge >= 0.3 is 0 Å². The molecule has 0 spiro atoms. The lowest BCUT2D eigenvalue weighted by molar-refractivity contribution is -0.118. The molecule has 0 heterocycles. The topological polar surface area (TPSA) is 47.6 Å². The SMILES string of the molecule is COc1ccc(NC2=CCCC(=O)C2)c(OC)c1. The Bertz CT molecular complexity index is 480. The zero-order valence-corrected chi connectivity index (χ0v) is 10.7. The maximum atomic E-state index is 11.4. The molecule has 18 heavy (non-hydrogen) atoms. The van der Waals surface area contributed by atoms with Crippen molar-refractivity contribution in [1.29, 1.82) is 0 Å². The van der Waals surface area contributed by atoms with Gasteiger partial charge in [0.1, 0.15) is 17.3 Å². The van der Waals surface area contributed by atoms with Gasteiger partial charge in [-0.15, -0.1) is 0 Å². The van der Waals surface area contributed by atoms with E-state index in [1.165, 1.54) is 0 Å². The predicted molar refractivity (Wildman–Crippen MR) is 70.1 cm³/mol. The zero-order chi connectivity index (χ0) is 13.0. The molecule has 1 aromatic rings. The molecule has 1 aliphatic carbocycles. The Balaban J connectivity index is 2.18. The summed E-state index contributed by atoms with van der Waals surface area (Å²) >= 11 is 0. The van der Waals surface area contributed by atoms with Crippen LogP contribution in [0.3, 0.4) is 0 Å². The van der Waals surface area contributed by atoms with Crippen LogP contribution in [0.1, 0.15) is 19.3 Å². The van der Waals surface area contributed by atoms with E-state index in [9.17, 15) is 4.79 Å². The Labute approximate surface area is 107 Å². The van der Waals surface area contributed by atoms with Gasteiger partial charge in [0.2, 0.25) is 0 Å². The molecule has 0 saturated heterocycles. The van der Waals surface area contributed by atoms with Gasteiger partial charge in [-0.2, -0.15) is 0 Å². The van der Waals surface area contributed by atoms with Gasteiger partial charge in [-0.05, 0) is 18.6 Å². The highest BCUT2D eigenvalue weighted by molar-refractivity contribution is 5.83. The highest BCUT2D eigenvalue weighted by Crippen LogP contribution is 2.31. The van der Waals surface area contributed by atoms with E-state index < -0.39 is 0 Å². The maximum absolute atomic E-state index is 11.4. The molecular formula is C14H17NO3. The van der Waals surface area contributed by atoms with E-state index >= 15 is 0 Å². The largest absolute Gasteiger partial charge is 0.497 e. The summed E-state index contributed by atoms with van der Waals surface area (Å²) in [6.07, 6.45) is 3.98. The maximum Gasteiger partial charge on any atom is 0.145 e. The highest BCUT2D eigenvalue weighted by Gasteiger charge is 2.13. The number of ketones is 1. The number of ether oxygens (including phenoxy) is 2. The van der Waals surface area contributed by atoms with E-state index in [1.807, 2.05) is 18.2 Å². The van der Waals surface area contributed by atoms with E-state index in [0.29, 0.717) is 18.6 Å². The Morgan fingerprint density at radius 1 is 1.22 bits per heavy atom. The third kappa shape index (κ3) is 2.83. The number of carbonyl (C=O) groups excluding carboxylic acids is 1. The number of hydrogen-bond acceptors (Lipinski definition) is 4. The van der Waals surface area contributed by atoms with Gasteiger partial charge < -0.3 is 14.8 Å². The summed E-state index contributed by atoms with van der Waals surface area (Å²) in [6.45, 7) is 0. The van der Waals surface area contributed by atoms with Gasteiger partial charge in [0.25, 0.3) is 0 Å². The third-order valence-electron chi connectivity index (χ3n) is 2.91. The number of hydrogen-bond donors (Lipinski definition) is 1. The second kappa shape index (κ2) is 5.58. The van der Waals surface area contributed by atoms with Crippen molar-refractivity contribution in [3.63, 3.8) is 0 Å². The number of Topliss-reactive ketones (excluding diaryl/α,β-unsaturated/α-hetero) is 1. The van der Waals surface area contributed by atoms with E-state index in [1.54, 1.807) is 14.2 Å². The summed E-state index contributed by atoms with van der Waals surface area (Å²) in [5, 5.41) is 3.24. The number of methoxy groups -OCH3 is 2. The summed E-state index contributed by atoms with van der Waals surface area (Å²) in [5.74, 6) is 1.71. The highest BCUT2D eigenvalue weighted by atomic mass is 16.5. The zero-order valence-electron chi connectivity index (χ0n) is 10.7. The van der Waals surface area contributed by atoms with Gasteiger partial charge in [-0.1, -0.05) is 6.08 Å². The van der Waals surface area contributed by atoms with Crippen LogP contribution >= 0.6 is 0 Å². The van der Waals surface area contributed by atoms with Gasteiger partial charge in [0.05, 0.1) is 19.9 Å². The van der Waals surface area contributed by atoms with Crippen molar-refractivity contribution in [1.82, 2.24) is 0 Å². The lowest BCUT2D eigenvalue weighted by Gasteiger charge is -2.17. The second-order valence-electron chi connectivity index (χ2n) is 4.17. The molecule has 1 aromatic carbocycles. The van der Waals surface area contributed by atoms with Gasteiger partial charge in [0.15, 0.2) is 0 Å². The molecule has 0 bridgehead atoms. The van der Waals surface area contributed by atoms with Gasteiger partial charge in [-0.25, -0.2) is 0 Å². The van der Waals surface area contributed by atoms with Crippen molar-refractivity contribution in [2.24, 2.45) is 0 Å². The standard InChI is InChI=1S/C14H17NO3/c1-17-12-6-7-13(14(9-12)18-2)15-10-4-3-5-11(16)8-10/h4,6-7,9,15H,3,5,8H2,1-2H3. The van der Waals surface area contributed by atoms with Crippen molar-refractivity contribution < 1.29 is 14.3 Å². The first-order chi connectivity index (χ1) is 8.72. The molecule has 0 aliphatic heterocycles. The Kier molecular flexibility index (Phi) is 3.87. The molecule has 0 saturated carbocycles. The predicted octanol–water partition coefficient (Wildman–Crippen LogP) is 2.75. The van der Waals surface area contributed by atoms with E-state index in [4.69, 9.17) is 9.47 Å². The Morgan fingerprint density at radius 2 is 2.06 bits per heavy atom. The van der Waals surface area contributed by atoms with Crippen molar-refractivity contribution in [2.75, 3.05) is 19.5 Å². The van der Waals surface area contributed by atoms with Crippen LogP contribution in [0, 0.1) is 0 Å². The quantitative estimate of drug-likeness (QED) is 0.888. The minimum Gasteiger partial charge on any atom is -0.497 e. The molecule has 0 atom stereocenters. The minimum atomic E-state index is 0.271. The summed E-state index contributed by atoms with van der Waals surface area (Å²) in [5.41, 5.74) is 1.79. The first kappa shape index (κ1) is 12.5. The van der Waals surface area contributed by atoms with Crippen LogP contribution in [0.25, 0.3) is 0 Å². The first-order valence-corrected chi connectivity index (χ1v) is 5.92. The number of nitrogens with one attached hydrogen (secondary N) is 1. The molecule has 2 rings (SSSR count). The van der Waals surface area contributed by atoms with Crippen LogP contribution in [-0.2, 0) is 4.79 Å². The number of carbonyl (C=O) groups is 1. The average Bonchev–Trinajstić information content (AvgIpc) is 2.39. The van der Waals surface area contributed by atoms with E-state index in [0.717, 1.165) is 23.6 Å². The summed E-state index contributed by atoms with van der Waals surface area (Å²) < 4.78 is 10.4. The fourth-order valence-corrected chi connectivity index (χ4v) is 1.95. The van der Waals surface area contributed by atoms with Crippen LogP contribution in [0.15, 0.2) is 30.0 Å². The number of rotatable bonds is 4. The molecule has 0 aromatic heterocycles. The second-order valence-corrected chi connectivity index (χ2v) is 4.17. The average molecular weight is 247 g/mol. The summed E-state index contributed by atoms with van der Waals surface area (Å²) in [4.78, 5) is 11.4. The molecule has 1 aliphatic rings. The van der Waals surface area contributed by atoms with Crippen LogP contribution in [0.2, 0.25) is 0 Å². The molecule has 96 valence electrons. The van der Waals surface area contributed by atoms with E-state index in [-0.39, 0.29) is 5.78 Å². The molecule has 1 N–H and O–H groups in total. The minimum absolute atomic E-state index is 0.271. The molecule has 0 amide bonds.